The molecule has 1 atom stereocenters. The largest absolute Gasteiger partial charge is 0.486 e. The molecule has 1 fully saturated rings. The highest BCUT2D eigenvalue weighted by molar-refractivity contribution is 5.57. The van der Waals surface area contributed by atoms with E-state index in [2.05, 4.69) is 11.0 Å². The molecule has 0 saturated carbocycles. The highest BCUT2D eigenvalue weighted by Gasteiger charge is 2.43. The molecule has 0 radical (unpaired) electrons. The van der Waals surface area contributed by atoms with E-state index < -0.39 is 0 Å². The Hall–Kier alpha value is -1.46. The molecule has 3 aliphatic rings. The van der Waals surface area contributed by atoms with Crippen molar-refractivity contribution in [1.82, 2.24) is 4.90 Å². The lowest BCUT2D eigenvalue weighted by molar-refractivity contribution is 0.0468. The summed E-state index contributed by atoms with van der Waals surface area (Å²) < 4.78 is 18.0. The number of hydrogen-bond acceptors (Lipinski definition) is 5. The molecular formula is C16H22N2O3. The number of rotatable bonds is 2. The number of nitrogens with zero attached hydrogens (tertiary/aromatic N) is 1. The predicted octanol–water partition coefficient (Wildman–Crippen LogP) is 1.19. The first-order valence-corrected chi connectivity index (χ1v) is 7.83. The first-order chi connectivity index (χ1) is 10.3. The SMILES string of the molecule is NCCN1CCC2(CCc3ccc4c(c3O2)OCCO4)C1. The molecule has 5 heteroatoms. The molecule has 5 nitrogen and oxygen atoms in total. The van der Waals surface area contributed by atoms with Crippen LogP contribution in [0.25, 0.3) is 0 Å². The number of hydrogen-bond donors (Lipinski definition) is 1. The molecule has 0 aromatic heterocycles. The first-order valence-electron chi connectivity index (χ1n) is 7.83. The van der Waals surface area contributed by atoms with E-state index in [1.807, 2.05) is 6.07 Å². The van der Waals surface area contributed by atoms with Gasteiger partial charge in [-0.1, -0.05) is 6.07 Å². The normalized spacial score (nSPS) is 27.5. The van der Waals surface area contributed by atoms with E-state index in [0.29, 0.717) is 19.8 Å². The van der Waals surface area contributed by atoms with Crippen LogP contribution < -0.4 is 19.9 Å². The maximum absolute atomic E-state index is 6.47. The predicted molar refractivity (Wildman–Crippen MR) is 79.2 cm³/mol. The number of aryl methyl sites for hydroxylation is 1. The second-order valence-corrected chi connectivity index (χ2v) is 6.18. The van der Waals surface area contributed by atoms with E-state index >= 15 is 0 Å². The zero-order chi connectivity index (χ0) is 14.3. The first kappa shape index (κ1) is 13.2. The van der Waals surface area contributed by atoms with Crippen molar-refractivity contribution in [2.24, 2.45) is 5.73 Å². The molecule has 114 valence electrons. The average Bonchev–Trinajstić information content (AvgIpc) is 2.90. The van der Waals surface area contributed by atoms with Gasteiger partial charge in [0.15, 0.2) is 11.5 Å². The molecule has 0 bridgehead atoms. The molecule has 3 aliphatic heterocycles. The van der Waals surface area contributed by atoms with E-state index in [1.54, 1.807) is 0 Å². The van der Waals surface area contributed by atoms with Crippen molar-refractivity contribution in [3.8, 4) is 17.2 Å². The Morgan fingerprint density at radius 1 is 1.14 bits per heavy atom. The summed E-state index contributed by atoms with van der Waals surface area (Å²) >= 11 is 0. The molecule has 21 heavy (non-hydrogen) atoms. The van der Waals surface area contributed by atoms with E-state index in [9.17, 15) is 0 Å². The van der Waals surface area contributed by atoms with E-state index in [4.69, 9.17) is 19.9 Å². The van der Waals surface area contributed by atoms with Gasteiger partial charge in [0.05, 0.1) is 0 Å². The topological polar surface area (TPSA) is 57.0 Å². The molecule has 3 heterocycles. The summed E-state index contributed by atoms with van der Waals surface area (Å²) in [6.45, 7) is 4.90. The van der Waals surface area contributed by atoms with Gasteiger partial charge in [-0.15, -0.1) is 0 Å². The summed E-state index contributed by atoms with van der Waals surface area (Å²) in [5, 5.41) is 0. The van der Waals surface area contributed by atoms with Gasteiger partial charge in [0, 0.05) is 32.6 Å². The minimum absolute atomic E-state index is 0.0713. The van der Waals surface area contributed by atoms with Crippen molar-refractivity contribution >= 4 is 0 Å². The second kappa shape index (κ2) is 5.07. The average molecular weight is 290 g/mol. The van der Waals surface area contributed by atoms with Crippen molar-refractivity contribution in [1.29, 1.82) is 0 Å². The van der Waals surface area contributed by atoms with E-state index in [-0.39, 0.29) is 5.60 Å². The Balaban J connectivity index is 1.62. The third-order valence-electron chi connectivity index (χ3n) is 4.75. The fraction of sp³-hybridized carbons (Fsp3) is 0.625. The number of benzene rings is 1. The summed E-state index contributed by atoms with van der Waals surface area (Å²) in [7, 11) is 0. The number of fused-ring (bicyclic) bond motifs is 3. The molecule has 2 N–H and O–H groups in total. The van der Waals surface area contributed by atoms with Gasteiger partial charge in [0.1, 0.15) is 18.8 Å². The van der Waals surface area contributed by atoms with Gasteiger partial charge in [-0.3, -0.25) is 4.90 Å². The van der Waals surface area contributed by atoms with Crippen LogP contribution in [0.4, 0.5) is 0 Å². The van der Waals surface area contributed by atoms with Crippen molar-refractivity contribution in [2.75, 3.05) is 39.4 Å². The van der Waals surface area contributed by atoms with Crippen LogP contribution in [-0.4, -0.2) is 49.9 Å². The van der Waals surface area contributed by atoms with Crippen LogP contribution >= 0.6 is 0 Å². The maximum atomic E-state index is 6.47. The molecule has 4 rings (SSSR count). The van der Waals surface area contributed by atoms with Crippen LogP contribution in [0.5, 0.6) is 17.2 Å². The summed E-state index contributed by atoms with van der Waals surface area (Å²) in [5.74, 6) is 2.53. The number of likely N-dealkylation sites (tertiary alicyclic amines) is 1. The van der Waals surface area contributed by atoms with E-state index in [1.165, 1.54) is 5.56 Å². The Morgan fingerprint density at radius 3 is 2.95 bits per heavy atom. The molecule has 0 aliphatic carbocycles. The monoisotopic (exact) mass is 290 g/mol. The van der Waals surface area contributed by atoms with Gasteiger partial charge in [-0.25, -0.2) is 0 Å². The van der Waals surface area contributed by atoms with Crippen LogP contribution in [0.3, 0.4) is 0 Å². The lowest BCUT2D eigenvalue weighted by Gasteiger charge is -2.37. The Labute approximate surface area is 125 Å². The Kier molecular flexibility index (Phi) is 3.19. The van der Waals surface area contributed by atoms with Gasteiger partial charge in [0.25, 0.3) is 0 Å². The molecule has 1 unspecified atom stereocenters. The molecular weight excluding hydrogens is 268 g/mol. The van der Waals surface area contributed by atoms with Crippen molar-refractivity contribution < 1.29 is 14.2 Å². The van der Waals surface area contributed by atoms with Crippen LogP contribution in [-0.2, 0) is 6.42 Å². The van der Waals surface area contributed by atoms with Gasteiger partial charge < -0.3 is 19.9 Å². The summed E-state index contributed by atoms with van der Waals surface area (Å²) in [5.41, 5.74) is 6.84. The third-order valence-corrected chi connectivity index (χ3v) is 4.75. The summed E-state index contributed by atoms with van der Waals surface area (Å²) in [4.78, 5) is 2.40. The van der Waals surface area contributed by atoms with Crippen LogP contribution in [0, 0.1) is 0 Å². The number of nitrogens with two attached hydrogens (primary N) is 1. The fourth-order valence-electron chi connectivity index (χ4n) is 3.66. The summed E-state index contributed by atoms with van der Waals surface area (Å²) in [6.07, 6.45) is 3.18. The second-order valence-electron chi connectivity index (χ2n) is 6.18. The van der Waals surface area contributed by atoms with Gasteiger partial charge in [-0.2, -0.15) is 0 Å². The smallest absolute Gasteiger partial charge is 0.204 e. The van der Waals surface area contributed by atoms with Gasteiger partial charge in [-0.05, 0) is 24.5 Å². The Morgan fingerprint density at radius 2 is 2.05 bits per heavy atom. The standard InChI is InChI=1S/C16H22N2O3/c17-6-8-18-7-5-16(11-18)4-3-12-1-2-13-15(14(12)21-16)20-10-9-19-13/h1-2H,3-11,17H2. The zero-order valence-electron chi connectivity index (χ0n) is 12.3. The lowest BCUT2D eigenvalue weighted by atomic mass is 9.90. The maximum Gasteiger partial charge on any atom is 0.204 e. The van der Waals surface area contributed by atoms with Gasteiger partial charge in [0.2, 0.25) is 5.75 Å². The fourth-order valence-corrected chi connectivity index (χ4v) is 3.66. The molecule has 1 aromatic carbocycles. The quantitative estimate of drug-likeness (QED) is 0.886. The highest BCUT2D eigenvalue weighted by Crippen LogP contribution is 2.48. The molecule has 1 aromatic rings. The molecule has 0 amide bonds. The highest BCUT2D eigenvalue weighted by atomic mass is 16.6. The lowest BCUT2D eigenvalue weighted by Crippen LogP contribution is -2.43. The summed E-state index contributed by atoms with van der Waals surface area (Å²) in [6, 6.07) is 4.12. The molecule has 1 saturated heterocycles. The minimum Gasteiger partial charge on any atom is -0.486 e. The van der Waals surface area contributed by atoms with Crippen molar-refractivity contribution in [2.45, 2.75) is 24.9 Å². The van der Waals surface area contributed by atoms with Crippen LogP contribution in [0.15, 0.2) is 12.1 Å². The van der Waals surface area contributed by atoms with E-state index in [0.717, 1.165) is 56.1 Å². The Bertz CT molecular complexity index is 549. The van der Waals surface area contributed by atoms with Crippen LogP contribution in [0.1, 0.15) is 18.4 Å². The zero-order valence-corrected chi connectivity index (χ0v) is 12.3. The molecule has 1 spiro atoms. The van der Waals surface area contributed by atoms with Crippen molar-refractivity contribution in [3.63, 3.8) is 0 Å². The van der Waals surface area contributed by atoms with Crippen LogP contribution in [0.2, 0.25) is 0 Å². The minimum atomic E-state index is -0.0713. The van der Waals surface area contributed by atoms with Gasteiger partial charge >= 0.3 is 0 Å². The number of ether oxygens (including phenoxy) is 3. The van der Waals surface area contributed by atoms with Crippen molar-refractivity contribution in [3.05, 3.63) is 17.7 Å². The third kappa shape index (κ3) is 2.24.